The van der Waals surface area contributed by atoms with E-state index < -0.39 is 0 Å². The zero-order chi connectivity index (χ0) is 16.4. The topological polar surface area (TPSA) is 37.4 Å². The second kappa shape index (κ2) is 7.03. The van der Waals surface area contributed by atoms with Crippen LogP contribution in [0.2, 0.25) is 0 Å². The van der Waals surface area contributed by atoms with Gasteiger partial charge in [-0.05, 0) is 47.2 Å². The molecule has 3 rings (SSSR count). The number of rotatable bonds is 3. The molecule has 0 bridgehead atoms. The molecule has 0 N–H and O–H groups in total. The molecule has 6 heteroatoms. The van der Waals surface area contributed by atoms with Gasteiger partial charge in [0.25, 0.3) is 11.1 Å². The molecule has 2 aromatic rings. The van der Waals surface area contributed by atoms with Crippen LogP contribution in [0.1, 0.15) is 11.1 Å². The molecule has 0 aliphatic carbocycles. The SMILES string of the molecule is O=C1SC(=Cc2cc(Br)cc(Br)c2)C(=O)N1Cc1ccccc1. The molecule has 0 saturated carbocycles. The van der Waals surface area contributed by atoms with E-state index in [-0.39, 0.29) is 11.1 Å². The van der Waals surface area contributed by atoms with E-state index in [1.807, 2.05) is 48.5 Å². The summed E-state index contributed by atoms with van der Waals surface area (Å²) in [4.78, 5) is 26.3. The van der Waals surface area contributed by atoms with Crippen LogP contribution < -0.4 is 0 Å². The summed E-state index contributed by atoms with van der Waals surface area (Å²) in [5.74, 6) is -0.250. The van der Waals surface area contributed by atoms with Gasteiger partial charge in [0.1, 0.15) is 0 Å². The number of hydrogen-bond donors (Lipinski definition) is 0. The Balaban J connectivity index is 1.84. The summed E-state index contributed by atoms with van der Waals surface area (Å²) >= 11 is 7.81. The molecule has 2 amide bonds. The number of benzene rings is 2. The lowest BCUT2D eigenvalue weighted by atomic mass is 10.2. The number of nitrogens with zero attached hydrogens (tertiary/aromatic N) is 1. The zero-order valence-electron chi connectivity index (χ0n) is 11.8. The van der Waals surface area contributed by atoms with Gasteiger partial charge in [0.05, 0.1) is 11.4 Å². The fourth-order valence-corrected chi connectivity index (χ4v) is 4.38. The highest BCUT2D eigenvalue weighted by Gasteiger charge is 2.34. The van der Waals surface area contributed by atoms with Crippen molar-refractivity contribution in [2.24, 2.45) is 0 Å². The second-order valence-electron chi connectivity index (χ2n) is 4.96. The number of hydrogen-bond acceptors (Lipinski definition) is 3. The van der Waals surface area contributed by atoms with Gasteiger partial charge in [-0.3, -0.25) is 14.5 Å². The Morgan fingerprint density at radius 2 is 1.65 bits per heavy atom. The summed E-state index contributed by atoms with van der Waals surface area (Å²) in [6.07, 6.45) is 1.74. The second-order valence-corrected chi connectivity index (χ2v) is 7.78. The zero-order valence-corrected chi connectivity index (χ0v) is 15.8. The van der Waals surface area contributed by atoms with Gasteiger partial charge in [-0.1, -0.05) is 62.2 Å². The lowest BCUT2D eigenvalue weighted by molar-refractivity contribution is -0.123. The average Bonchev–Trinajstić information content (AvgIpc) is 2.75. The fourth-order valence-electron chi connectivity index (χ4n) is 2.21. The Morgan fingerprint density at radius 3 is 2.30 bits per heavy atom. The molecule has 0 radical (unpaired) electrons. The summed E-state index contributed by atoms with van der Waals surface area (Å²) in [6, 6.07) is 15.2. The van der Waals surface area contributed by atoms with Crippen LogP contribution >= 0.6 is 43.6 Å². The van der Waals surface area contributed by atoms with Crippen LogP contribution in [0.25, 0.3) is 6.08 Å². The molecule has 2 aromatic carbocycles. The van der Waals surface area contributed by atoms with Crippen molar-refractivity contribution < 1.29 is 9.59 Å². The van der Waals surface area contributed by atoms with Crippen molar-refractivity contribution in [2.45, 2.75) is 6.54 Å². The highest BCUT2D eigenvalue weighted by Crippen LogP contribution is 2.34. The van der Waals surface area contributed by atoms with Crippen LogP contribution in [-0.4, -0.2) is 16.0 Å². The first kappa shape index (κ1) is 16.5. The molecule has 0 unspecified atom stereocenters. The maximum Gasteiger partial charge on any atom is 0.293 e. The molecule has 0 atom stereocenters. The van der Waals surface area contributed by atoms with Gasteiger partial charge >= 0.3 is 0 Å². The third-order valence-corrected chi connectivity index (χ3v) is 5.06. The quantitative estimate of drug-likeness (QED) is 0.581. The minimum absolute atomic E-state index is 0.237. The molecular formula is C17H11Br2NO2S. The average molecular weight is 453 g/mol. The van der Waals surface area contributed by atoms with Crippen molar-refractivity contribution >= 4 is 60.8 Å². The molecule has 1 saturated heterocycles. The van der Waals surface area contributed by atoms with Crippen LogP contribution in [0.4, 0.5) is 4.79 Å². The van der Waals surface area contributed by atoms with Crippen LogP contribution in [0.15, 0.2) is 62.4 Å². The number of thioether (sulfide) groups is 1. The molecule has 1 aliphatic rings. The number of amides is 2. The van der Waals surface area contributed by atoms with Crippen LogP contribution in [0.5, 0.6) is 0 Å². The van der Waals surface area contributed by atoms with Crippen LogP contribution in [0, 0.1) is 0 Å². The molecule has 23 heavy (non-hydrogen) atoms. The first-order valence-electron chi connectivity index (χ1n) is 6.78. The Labute approximate surface area is 155 Å². The number of carbonyl (C=O) groups is 2. The summed E-state index contributed by atoms with van der Waals surface area (Å²) < 4.78 is 1.81. The standard InChI is InChI=1S/C17H11Br2NO2S/c18-13-6-12(7-14(19)9-13)8-15-16(21)20(17(22)23-15)10-11-4-2-1-3-5-11/h1-9H,10H2. The van der Waals surface area contributed by atoms with E-state index in [1.165, 1.54) is 4.90 Å². The van der Waals surface area contributed by atoms with Gasteiger partial charge in [0, 0.05) is 8.95 Å². The Morgan fingerprint density at radius 1 is 1.00 bits per heavy atom. The number of imide groups is 1. The highest BCUT2D eigenvalue weighted by molar-refractivity contribution is 9.11. The van der Waals surface area contributed by atoms with Gasteiger partial charge in [-0.2, -0.15) is 0 Å². The third-order valence-electron chi connectivity index (χ3n) is 3.24. The predicted molar refractivity (Wildman–Crippen MR) is 99.8 cm³/mol. The van der Waals surface area contributed by atoms with E-state index in [2.05, 4.69) is 31.9 Å². The summed E-state index contributed by atoms with van der Waals surface area (Å²) in [7, 11) is 0. The summed E-state index contributed by atoms with van der Waals surface area (Å²) in [5.41, 5.74) is 1.79. The van der Waals surface area contributed by atoms with Gasteiger partial charge in [-0.25, -0.2) is 0 Å². The van der Waals surface area contributed by atoms with Crippen molar-refractivity contribution in [3.63, 3.8) is 0 Å². The Hall–Kier alpha value is -1.37. The van der Waals surface area contributed by atoms with E-state index in [0.29, 0.717) is 11.4 Å². The highest BCUT2D eigenvalue weighted by atomic mass is 79.9. The number of carbonyl (C=O) groups excluding carboxylic acids is 2. The molecule has 0 aromatic heterocycles. The Bertz CT molecular complexity index is 785. The van der Waals surface area contributed by atoms with Crippen molar-refractivity contribution in [1.29, 1.82) is 0 Å². The third kappa shape index (κ3) is 3.94. The van der Waals surface area contributed by atoms with E-state index in [0.717, 1.165) is 31.8 Å². The molecule has 1 fully saturated rings. The predicted octanol–water partition coefficient (Wildman–Crippen LogP) is 5.45. The summed E-state index contributed by atoms with van der Waals surface area (Å²) in [6.45, 7) is 0.297. The van der Waals surface area contributed by atoms with Gasteiger partial charge in [0.15, 0.2) is 0 Å². The largest absolute Gasteiger partial charge is 0.293 e. The minimum atomic E-state index is -0.250. The van der Waals surface area contributed by atoms with E-state index in [9.17, 15) is 9.59 Å². The molecule has 1 heterocycles. The van der Waals surface area contributed by atoms with Crippen LogP contribution in [0.3, 0.4) is 0 Å². The first-order valence-corrected chi connectivity index (χ1v) is 9.18. The van der Waals surface area contributed by atoms with E-state index in [1.54, 1.807) is 6.08 Å². The molecule has 3 nitrogen and oxygen atoms in total. The lowest BCUT2D eigenvalue weighted by Gasteiger charge is -2.12. The van der Waals surface area contributed by atoms with Crippen molar-refractivity contribution in [3.05, 3.63) is 73.5 Å². The smallest absolute Gasteiger partial charge is 0.268 e. The first-order chi connectivity index (χ1) is 11.0. The minimum Gasteiger partial charge on any atom is -0.268 e. The molecule has 1 aliphatic heterocycles. The lowest BCUT2D eigenvalue weighted by Crippen LogP contribution is -2.27. The van der Waals surface area contributed by atoms with Crippen molar-refractivity contribution in [3.8, 4) is 0 Å². The monoisotopic (exact) mass is 451 g/mol. The van der Waals surface area contributed by atoms with Crippen LogP contribution in [-0.2, 0) is 11.3 Å². The Kier molecular flexibility index (Phi) is 5.04. The summed E-state index contributed by atoms with van der Waals surface area (Å²) in [5, 5.41) is -0.237. The maximum atomic E-state index is 12.5. The maximum absolute atomic E-state index is 12.5. The van der Waals surface area contributed by atoms with Gasteiger partial charge in [-0.15, -0.1) is 0 Å². The van der Waals surface area contributed by atoms with Gasteiger partial charge < -0.3 is 0 Å². The van der Waals surface area contributed by atoms with Gasteiger partial charge in [0.2, 0.25) is 0 Å². The van der Waals surface area contributed by atoms with Crippen molar-refractivity contribution in [2.75, 3.05) is 0 Å². The number of halogens is 2. The van der Waals surface area contributed by atoms with Crippen molar-refractivity contribution in [1.82, 2.24) is 4.90 Å². The van der Waals surface area contributed by atoms with E-state index in [4.69, 9.17) is 0 Å². The molecule has 116 valence electrons. The normalized spacial score (nSPS) is 16.4. The fraction of sp³-hybridized carbons (Fsp3) is 0.0588. The molecule has 0 spiro atoms. The molecular weight excluding hydrogens is 442 g/mol. The van der Waals surface area contributed by atoms with E-state index >= 15 is 0 Å².